The molecule has 4 N–H and O–H groups in total. The number of aromatic nitrogens is 2. The highest BCUT2D eigenvalue weighted by Gasteiger charge is 2.51. The molecule has 0 saturated carbocycles. The van der Waals surface area contributed by atoms with Gasteiger partial charge in [0.1, 0.15) is 25.0 Å². The minimum absolute atomic E-state index is 0.0641. The number of cyclic esters (lactones) is 1. The second-order valence-corrected chi connectivity index (χ2v) is 12.5. The van der Waals surface area contributed by atoms with Crippen LogP contribution in [0.1, 0.15) is 69.2 Å². The Morgan fingerprint density at radius 2 is 1.92 bits per heavy atom. The molecule has 4 atom stereocenters. The first kappa shape index (κ1) is 38.2. The van der Waals surface area contributed by atoms with Crippen LogP contribution in [0, 0.1) is 0 Å². The zero-order valence-corrected chi connectivity index (χ0v) is 29.8. The highest BCUT2D eigenvalue weighted by Crippen LogP contribution is 2.41. The summed E-state index contributed by atoms with van der Waals surface area (Å²) in [6.07, 6.45) is -1.38. The Morgan fingerprint density at radius 1 is 1.15 bits per heavy atom. The van der Waals surface area contributed by atoms with Gasteiger partial charge in [-0.1, -0.05) is 20.8 Å². The number of fused-ring (bicyclic) bond motifs is 5. The normalized spacial score (nSPS) is 17.6. The number of methoxy groups -OCH3 is 1. The van der Waals surface area contributed by atoms with Crippen molar-refractivity contribution < 1.29 is 53.1 Å². The Morgan fingerprint density at radius 3 is 2.60 bits per heavy atom. The van der Waals surface area contributed by atoms with Crippen LogP contribution in [0.5, 0.6) is 5.75 Å². The van der Waals surface area contributed by atoms with Crippen molar-refractivity contribution in [2.45, 2.75) is 90.6 Å². The molecule has 2 aliphatic heterocycles. The van der Waals surface area contributed by atoms with Crippen LogP contribution in [-0.4, -0.2) is 89.0 Å². The number of carbonyl (C=O) groups is 4. The van der Waals surface area contributed by atoms with E-state index in [1.165, 1.54) is 18.6 Å². The molecule has 0 spiro atoms. The predicted octanol–water partition coefficient (Wildman–Crippen LogP) is 2.28. The van der Waals surface area contributed by atoms with Gasteiger partial charge in [0.25, 0.3) is 5.56 Å². The Hall–Kier alpha value is -5.06. The quantitative estimate of drug-likeness (QED) is 0.0788. The first-order valence-corrected chi connectivity index (χ1v) is 17.2. The Labute approximate surface area is 299 Å². The minimum Gasteiger partial charge on any atom is -0.508 e. The largest absolute Gasteiger partial charge is 0.508 e. The molecule has 280 valence electrons. The van der Waals surface area contributed by atoms with Gasteiger partial charge < -0.3 is 49.1 Å². The molecule has 1 aromatic carbocycles. The van der Waals surface area contributed by atoms with E-state index >= 15 is 0 Å². The molecule has 0 aliphatic carbocycles. The summed E-state index contributed by atoms with van der Waals surface area (Å²) in [4.78, 5) is 70.3. The SMILES string of the molecule is CCc1c(O)ccc2nc3c(cc12)Cn1c-3cc2c(c1=O)COC(=O)[C@@]2(CC)OC(=O)[C@H](C)NC(=O)CCNC(=O)OCC(OC)OC(CC)CO. The van der Waals surface area contributed by atoms with Crippen LogP contribution >= 0.6 is 0 Å². The molecule has 2 aliphatic rings. The number of alkyl carbamates (subject to hydrolysis) is 1. The second kappa shape index (κ2) is 16.1. The summed E-state index contributed by atoms with van der Waals surface area (Å²) in [5.74, 6) is -2.23. The number of carbonyl (C=O) groups excluding carboxylic acids is 4. The number of phenols is 1. The maximum atomic E-state index is 13.9. The van der Waals surface area contributed by atoms with Gasteiger partial charge in [-0.05, 0) is 50.5 Å². The van der Waals surface area contributed by atoms with E-state index in [1.54, 1.807) is 25.1 Å². The molecule has 16 heteroatoms. The number of esters is 2. The topological polar surface area (TPSA) is 214 Å². The summed E-state index contributed by atoms with van der Waals surface area (Å²) >= 11 is 0. The van der Waals surface area contributed by atoms with Crippen LogP contribution in [-0.2, 0) is 63.2 Å². The van der Waals surface area contributed by atoms with E-state index < -0.39 is 53.5 Å². The average molecular weight is 725 g/mol. The number of benzene rings is 1. The van der Waals surface area contributed by atoms with Crippen molar-refractivity contribution >= 4 is 34.8 Å². The van der Waals surface area contributed by atoms with Crippen LogP contribution in [0.2, 0.25) is 0 Å². The summed E-state index contributed by atoms with van der Waals surface area (Å²) < 4.78 is 28.4. The van der Waals surface area contributed by atoms with E-state index in [1.807, 2.05) is 19.9 Å². The zero-order valence-electron chi connectivity index (χ0n) is 29.8. The van der Waals surface area contributed by atoms with Gasteiger partial charge >= 0.3 is 18.0 Å². The molecule has 5 rings (SSSR count). The Balaban J connectivity index is 1.26. The smallest absolute Gasteiger partial charge is 0.407 e. The Kier molecular flexibility index (Phi) is 11.8. The molecule has 0 bridgehead atoms. The summed E-state index contributed by atoms with van der Waals surface area (Å²) in [5.41, 5.74) is 1.09. The third-order valence-electron chi connectivity index (χ3n) is 9.34. The van der Waals surface area contributed by atoms with Crippen molar-refractivity contribution in [1.82, 2.24) is 20.2 Å². The number of aliphatic hydroxyl groups is 1. The lowest BCUT2D eigenvalue weighted by Crippen LogP contribution is -2.50. The number of hydrogen-bond donors (Lipinski definition) is 4. The van der Waals surface area contributed by atoms with Gasteiger partial charge in [0.05, 0.1) is 41.7 Å². The average Bonchev–Trinajstić information content (AvgIpc) is 3.49. The summed E-state index contributed by atoms with van der Waals surface area (Å²) in [5, 5.41) is 25.4. The number of aryl methyl sites for hydroxylation is 1. The van der Waals surface area contributed by atoms with E-state index in [0.717, 1.165) is 16.5 Å². The van der Waals surface area contributed by atoms with E-state index in [0.29, 0.717) is 29.7 Å². The first-order valence-electron chi connectivity index (χ1n) is 17.2. The number of aliphatic hydroxyl groups excluding tert-OH is 1. The summed E-state index contributed by atoms with van der Waals surface area (Å²) in [7, 11) is 1.37. The number of nitrogens with zero attached hydrogens (tertiary/aromatic N) is 2. The molecule has 4 heterocycles. The van der Waals surface area contributed by atoms with Gasteiger partial charge in [0.2, 0.25) is 11.5 Å². The molecular formula is C36H44N4O12. The molecule has 0 saturated heterocycles. The van der Waals surface area contributed by atoms with Crippen LogP contribution < -0.4 is 16.2 Å². The number of ether oxygens (including phenoxy) is 5. The number of aromatic hydroxyl groups is 1. The van der Waals surface area contributed by atoms with Gasteiger partial charge in [-0.25, -0.2) is 19.4 Å². The summed E-state index contributed by atoms with van der Waals surface area (Å²) in [6.45, 7) is 6.06. The molecule has 0 radical (unpaired) electrons. The van der Waals surface area contributed by atoms with Crippen molar-refractivity contribution in [2.24, 2.45) is 0 Å². The van der Waals surface area contributed by atoms with E-state index in [2.05, 4.69) is 10.6 Å². The van der Waals surface area contributed by atoms with E-state index in [-0.39, 0.29) is 62.6 Å². The van der Waals surface area contributed by atoms with Crippen molar-refractivity contribution in [3.63, 3.8) is 0 Å². The number of hydrogen-bond acceptors (Lipinski definition) is 13. The third-order valence-corrected chi connectivity index (χ3v) is 9.34. The van der Waals surface area contributed by atoms with E-state index in [4.69, 9.17) is 28.7 Å². The van der Waals surface area contributed by atoms with Crippen molar-refractivity contribution in [3.05, 3.63) is 56.9 Å². The fourth-order valence-corrected chi connectivity index (χ4v) is 6.38. The standard InChI is InChI=1S/C36H44N4O12/c1-6-21(16-41)51-30(48-5)18-50-35(47)37-12-11-29(43)38-19(4)33(45)52-36(8-3)25-14-27-31-20(15-40(27)32(44)24(25)17-49-34(36)46)13-23-22(7-2)28(42)10-9-26(23)39-31/h9-10,13-14,19,21,30,41-42H,6-8,11-12,15-18H2,1-5H3,(H,37,47)(H,38,43)/t19-,21?,30?,36-/m0/s1. The lowest BCUT2D eigenvalue weighted by Gasteiger charge is -2.36. The van der Waals surface area contributed by atoms with Crippen LogP contribution in [0.4, 0.5) is 4.79 Å². The fourth-order valence-electron chi connectivity index (χ4n) is 6.38. The van der Waals surface area contributed by atoms with Crippen molar-refractivity contribution in [3.8, 4) is 17.1 Å². The number of amides is 2. The van der Waals surface area contributed by atoms with Gasteiger partial charge in [-0.15, -0.1) is 0 Å². The Bertz CT molecular complexity index is 1920. The van der Waals surface area contributed by atoms with Gasteiger partial charge in [-0.3, -0.25) is 9.59 Å². The fraction of sp³-hybridized carbons (Fsp3) is 0.500. The highest BCUT2D eigenvalue weighted by molar-refractivity contribution is 5.91. The molecular weight excluding hydrogens is 680 g/mol. The lowest BCUT2D eigenvalue weighted by atomic mass is 9.85. The van der Waals surface area contributed by atoms with Crippen LogP contribution in [0.3, 0.4) is 0 Å². The zero-order chi connectivity index (χ0) is 37.7. The van der Waals surface area contributed by atoms with Gasteiger partial charge in [0.15, 0.2) is 6.29 Å². The molecule has 0 fully saturated rings. The van der Waals surface area contributed by atoms with Gasteiger partial charge in [-0.2, -0.15) is 0 Å². The van der Waals surface area contributed by atoms with Crippen LogP contribution in [0.15, 0.2) is 29.1 Å². The van der Waals surface area contributed by atoms with E-state index in [9.17, 15) is 34.2 Å². The highest BCUT2D eigenvalue weighted by atomic mass is 16.7. The molecule has 2 unspecified atom stereocenters. The van der Waals surface area contributed by atoms with Gasteiger partial charge in [0, 0.05) is 42.2 Å². The number of nitrogens with one attached hydrogen (secondary N) is 2. The molecule has 52 heavy (non-hydrogen) atoms. The maximum absolute atomic E-state index is 13.9. The second-order valence-electron chi connectivity index (χ2n) is 12.5. The number of phenolic OH excluding ortho intramolecular Hbond substituents is 1. The molecule has 16 nitrogen and oxygen atoms in total. The monoisotopic (exact) mass is 724 g/mol. The summed E-state index contributed by atoms with van der Waals surface area (Å²) in [6, 6.07) is 5.62. The molecule has 2 amide bonds. The minimum atomic E-state index is -1.97. The van der Waals surface area contributed by atoms with Crippen molar-refractivity contribution in [2.75, 3.05) is 26.9 Å². The first-order chi connectivity index (χ1) is 24.9. The van der Waals surface area contributed by atoms with Crippen LogP contribution in [0.25, 0.3) is 22.3 Å². The predicted molar refractivity (Wildman–Crippen MR) is 184 cm³/mol. The number of rotatable bonds is 15. The lowest BCUT2D eigenvalue weighted by molar-refractivity contribution is -0.190. The molecule has 3 aromatic rings. The number of pyridine rings is 2. The maximum Gasteiger partial charge on any atom is 0.407 e. The van der Waals surface area contributed by atoms with Crippen molar-refractivity contribution in [1.29, 1.82) is 0 Å². The third kappa shape index (κ3) is 7.45. The molecule has 2 aromatic heterocycles.